The van der Waals surface area contributed by atoms with Gasteiger partial charge in [-0.25, -0.2) is 4.39 Å². The summed E-state index contributed by atoms with van der Waals surface area (Å²) in [6.07, 6.45) is 3.18. The molecule has 1 N–H and O–H groups in total. The number of nitrogens with zero attached hydrogens (tertiary/aromatic N) is 3. The fourth-order valence-corrected chi connectivity index (χ4v) is 3.70. The number of halogens is 1. The van der Waals surface area contributed by atoms with E-state index in [9.17, 15) is 19.2 Å². The van der Waals surface area contributed by atoms with Gasteiger partial charge in [0.2, 0.25) is 11.8 Å². The highest BCUT2D eigenvalue weighted by Crippen LogP contribution is 2.39. The van der Waals surface area contributed by atoms with Gasteiger partial charge in [0.1, 0.15) is 11.2 Å². The van der Waals surface area contributed by atoms with Crippen molar-refractivity contribution >= 4 is 17.5 Å². The van der Waals surface area contributed by atoms with Crippen molar-refractivity contribution in [2.24, 2.45) is 5.41 Å². The molecule has 7 heteroatoms. The summed E-state index contributed by atoms with van der Waals surface area (Å²) in [5.74, 6) is -0.560. The van der Waals surface area contributed by atoms with Gasteiger partial charge in [0.05, 0.1) is 12.6 Å². The molecule has 26 heavy (non-hydrogen) atoms. The van der Waals surface area contributed by atoms with Gasteiger partial charge in [-0.15, -0.1) is 0 Å². The Morgan fingerprint density at radius 3 is 2.31 bits per heavy atom. The summed E-state index contributed by atoms with van der Waals surface area (Å²) < 4.78 is 12.9. The molecular weight excluding hydrogens is 335 g/mol. The Morgan fingerprint density at radius 2 is 1.73 bits per heavy atom. The lowest BCUT2D eigenvalue weighted by atomic mass is 9.86. The van der Waals surface area contributed by atoms with Crippen molar-refractivity contribution < 1.29 is 14.0 Å². The number of anilines is 1. The molecule has 1 aromatic carbocycles. The Hall–Kier alpha value is -2.46. The van der Waals surface area contributed by atoms with E-state index in [4.69, 9.17) is 0 Å². The molecular formula is C19H23FN4O2. The topological polar surface area (TPSA) is 76.4 Å². The minimum absolute atomic E-state index is 0.0482. The van der Waals surface area contributed by atoms with Gasteiger partial charge in [-0.05, 0) is 37.1 Å². The van der Waals surface area contributed by atoms with Gasteiger partial charge >= 0.3 is 0 Å². The first-order valence-corrected chi connectivity index (χ1v) is 9.01. The third-order valence-corrected chi connectivity index (χ3v) is 5.24. The second kappa shape index (κ2) is 7.83. The highest BCUT2D eigenvalue weighted by Gasteiger charge is 2.44. The van der Waals surface area contributed by atoms with Crippen molar-refractivity contribution in [2.75, 3.05) is 38.0 Å². The summed E-state index contributed by atoms with van der Waals surface area (Å²) in [4.78, 5) is 28.6. The standard InChI is InChI=1S/C19H23FN4O2/c20-15-3-5-16(6-4-15)22-17(25)13-23-9-11-24(12-10-23)18(26)19(14-21)7-1-2-8-19/h3-6H,1-2,7-13H2,(H,22,25). The highest BCUT2D eigenvalue weighted by molar-refractivity contribution is 5.92. The smallest absolute Gasteiger partial charge is 0.243 e. The van der Waals surface area contributed by atoms with Gasteiger partial charge in [0.25, 0.3) is 0 Å². The van der Waals surface area contributed by atoms with Crippen LogP contribution < -0.4 is 5.32 Å². The summed E-state index contributed by atoms with van der Waals surface area (Å²) in [7, 11) is 0. The quantitative estimate of drug-likeness (QED) is 0.893. The lowest BCUT2D eigenvalue weighted by Gasteiger charge is -2.37. The van der Waals surface area contributed by atoms with E-state index >= 15 is 0 Å². The van der Waals surface area contributed by atoms with E-state index in [1.807, 2.05) is 4.90 Å². The van der Waals surface area contributed by atoms with Gasteiger partial charge in [0, 0.05) is 31.9 Å². The summed E-state index contributed by atoms with van der Waals surface area (Å²) >= 11 is 0. The van der Waals surface area contributed by atoms with Crippen LogP contribution in [0, 0.1) is 22.6 Å². The third-order valence-electron chi connectivity index (χ3n) is 5.24. The van der Waals surface area contributed by atoms with Gasteiger partial charge in [-0.1, -0.05) is 12.8 Å². The van der Waals surface area contributed by atoms with Crippen LogP contribution in [-0.4, -0.2) is 54.3 Å². The van der Waals surface area contributed by atoms with Gasteiger partial charge in [-0.3, -0.25) is 14.5 Å². The van der Waals surface area contributed by atoms with Crippen LogP contribution in [0.4, 0.5) is 10.1 Å². The van der Waals surface area contributed by atoms with Crippen LogP contribution in [-0.2, 0) is 9.59 Å². The maximum absolute atomic E-state index is 12.9. The molecule has 0 unspecified atom stereocenters. The average molecular weight is 358 g/mol. The average Bonchev–Trinajstić information content (AvgIpc) is 3.14. The highest BCUT2D eigenvalue weighted by atomic mass is 19.1. The van der Waals surface area contributed by atoms with Crippen LogP contribution in [0.3, 0.4) is 0 Å². The van der Waals surface area contributed by atoms with E-state index in [0.717, 1.165) is 12.8 Å². The number of nitrogens with one attached hydrogen (secondary N) is 1. The second-order valence-electron chi connectivity index (χ2n) is 7.02. The Kier molecular flexibility index (Phi) is 5.52. The van der Waals surface area contributed by atoms with Crippen LogP contribution >= 0.6 is 0 Å². The van der Waals surface area contributed by atoms with Crippen LogP contribution in [0.15, 0.2) is 24.3 Å². The van der Waals surface area contributed by atoms with Crippen molar-refractivity contribution in [3.63, 3.8) is 0 Å². The van der Waals surface area contributed by atoms with E-state index < -0.39 is 5.41 Å². The van der Waals surface area contributed by atoms with Gasteiger partial charge in [0.15, 0.2) is 0 Å². The molecule has 1 aliphatic carbocycles. The number of hydrogen-bond acceptors (Lipinski definition) is 4. The van der Waals surface area contributed by atoms with Crippen molar-refractivity contribution in [2.45, 2.75) is 25.7 Å². The summed E-state index contributed by atoms with van der Waals surface area (Å²) in [5.41, 5.74) is -0.273. The SMILES string of the molecule is N#CC1(C(=O)N2CCN(CC(=O)Nc3ccc(F)cc3)CC2)CCCC1. The number of rotatable bonds is 4. The molecule has 3 rings (SSSR count). The molecule has 1 saturated carbocycles. The Balaban J connectivity index is 1.47. The Bertz CT molecular complexity index is 699. The molecule has 2 amide bonds. The number of piperazine rings is 1. The predicted octanol–water partition coefficient (Wildman–Crippen LogP) is 1.99. The molecule has 2 fully saturated rings. The molecule has 0 bridgehead atoms. The second-order valence-corrected chi connectivity index (χ2v) is 7.02. The molecule has 138 valence electrons. The maximum Gasteiger partial charge on any atom is 0.243 e. The number of nitriles is 1. The number of hydrogen-bond donors (Lipinski definition) is 1. The summed E-state index contributed by atoms with van der Waals surface area (Å²) in [6, 6.07) is 7.89. The minimum Gasteiger partial charge on any atom is -0.339 e. The summed E-state index contributed by atoms with van der Waals surface area (Å²) in [5, 5.41) is 12.2. The van der Waals surface area contributed by atoms with E-state index in [1.165, 1.54) is 24.3 Å². The van der Waals surface area contributed by atoms with Crippen molar-refractivity contribution in [1.29, 1.82) is 5.26 Å². The predicted molar refractivity (Wildman–Crippen MR) is 94.6 cm³/mol. The van der Waals surface area contributed by atoms with E-state index in [2.05, 4.69) is 11.4 Å². The van der Waals surface area contributed by atoms with Crippen LogP contribution in [0.2, 0.25) is 0 Å². The molecule has 1 aromatic rings. The number of amides is 2. The van der Waals surface area contributed by atoms with Crippen LogP contribution in [0.5, 0.6) is 0 Å². The number of carbonyl (C=O) groups is 2. The largest absolute Gasteiger partial charge is 0.339 e. The minimum atomic E-state index is -0.831. The van der Waals surface area contributed by atoms with Crippen molar-refractivity contribution in [3.05, 3.63) is 30.1 Å². The molecule has 6 nitrogen and oxygen atoms in total. The normalized spacial score (nSPS) is 19.8. The fraction of sp³-hybridized carbons (Fsp3) is 0.526. The molecule has 0 aromatic heterocycles. The first kappa shape index (κ1) is 18.3. The molecule has 0 atom stereocenters. The zero-order chi connectivity index (χ0) is 18.6. The molecule has 0 radical (unpaired) electrons. The first-order chi connectivity index (χ1) is 12.5. The van der Waals surface area contributed by atoms with Crippen molar-refractivity contribution in [1.82, 2.24) is 9.80 Å². The zero-order valence-electron chi connectivity index (χ0n) is 14.7. The number of benzene rings is 1. The molecule has 0 spiro atoms. The molecule has 1 aliphatic heterocycles. The lowest BCUT2D eigenvalue weighted by molar-refractivity contribution is -0.140. The van der Waals surface area contributed by atoms with Crippen molar-refractivity contribution in [3.8, 4) is 6.07 Å². The van der Waals surface area contributed by atoms with Crippen LogP contribution in [0.25, 0.3) is 0 Å². The van der Waals surface area contributed by atoms with E-state index in [0.29, 0.717) is 44.7 Å². The van der Waals surface area contributed by atoms with Crippen LogP contribution in [0.1, 0.15) is 25.7 Å². The molecule has 2 aliphatic rings. The van der Waals surface area contributed by atoms with E-state index in [-0.39, 0.29) is 24.2 Å². The third kappa shape index (κ3) is 4.02. The molecule has 1 saturated heterocycles. The maximum atomic E-state index is 12.9. The monoisotopic (exact) mass is 358 g/mol. The van der Waals surface area contributed by atoms with Gasteiger partial charge < -0.3 is 10.2 Å². The van der Waals surface area contributed by atoms with Gasteiger partial charge in [-0.2, -0.15) is 5.26 Å². The Labute approximate surface area is 152 Å². The fourth-order valence-electron chi connectivity index (χ4n) is 3.70. The Morgan fingerprint density at radius 1 is 1.12 bits per heavy atom. The zero-order valence-corrected chi connectivity index (χ0v) is 14.7. The van der Waals surface area contributed by atoms with E-state index in [1.54, 1.807) is 4.90 Å². The lowest BCUT2D eigenvalue weighted by Crippen LogP contribution is -2.53. The first-order valence-electron chi connectivity index (χ1n) is 9.01. The summed E-state index contributed by atoms with van der Waals surface area (Å²) in [6.45, 7) is 2.50. The molecule has 1 heterocycles. The number of carbonyl (C=O) groups excluding carboxylic acids is 2.